The summed E-state index contributed by atoms with van der Waals surface area (Å²) in [5.41, 5.74) is 0. The molecule has 0 aromatic rings. The van der Waals surface area contributed by atoms with E-state index in [1.807, 2.05) is 0 Å². The van der Waals surface area contributed by atoms with Crippen LogP contribution in [0.5, 0.6) is 0 Å². The maximum absolute atomic E-state index is 10.5. The smallest absolute Gasteiger partial charge is 0.368 e. The second-order valence-corrected chi connectivity index (χ2v) is 2.56. The number of hydrogen-bond donors (Lipinski definition) is 1. The van der Waals surface area contributed by atoms with Crippen molar-refractivity contribution in [2.24, 2.45) is 0 Å². The van der Waals surface area contributed by atoms with E-state index in [2.05, 4.69) is 0 Å². The van der Waals surface area contributed by atoms with Crippen LogP contribution in [-0.4, -0.2) is 23.1 Å². The first-order valence-electron chi connectivity index (χ1n) is 3.86. The van der Waals surface area contributed by atoms with Gasteiger partial charge in [0, 0.05) is 12.8 Å². The number of hydrogen-bond acceptors (Lipinski definition) is 3. The zero-order valence-corrected chi connectivity index (χ0v) is 6.78. The van der Waals surface area contributed by atoms with E-state index in [4.69, 9.17) is 14.7 Å². The van der Waals surface area contributed by atoms with Crippen molar-refractivity contribution >= 4 is 18.0 Å². The largest absolute Gasteiger partial charge is 0.476 e. The number of carboxylic acid groups (broad SMARTS) is 1. The van der Waals surface area contributed by atoms with Gasteiger partial charge in [-0.1, -0.05) is 6.42 Å². The third kappa shape index (κ3) is 6.92. The van der Waals surface area contributed by atoms with Crippen molar-refractivity contribution in [3.8, 4) is 0 Å². The molecule has 0 amide bonds. The molecule has 0 radical (unpaired) electrons. The van der Waals surface area contributed by atoms with E-state index in [0.29, 0.717) is 5.78 Å². The van der Waals surface area contributed by atoms with E-state index >= 15 is 0 Å². The van der Waals surface area contributed by atoms with Gasteiger partial charge in [0.05, 0.1) is 0 Å². The van der Waals surface area contributed by atoms with Crippen molar-refractivity contribution in [1.82, 2.24) is 0 Å². The molecule has 0 aromatic heterocycles. The normalized spacial score (nSPS) is 15.8. The highest BCUT2D eigenvalue weighted by Gasteiger charge is 2.05. The number of carbonyl (C=O) groups is 3. The van der Waals surface area contributed by atoms with E-state index in [0.717, 1.165) is 25.7 Å². The maximum atomic E-state index is 10.5. The SMILES string of the molecule is O=C1CCCCC1.O=CC(=O)O. The molecule has 1 saturated carbocycles. The molecule has 0 bridgehead atoms. The van der Waals surface area contributed by atoms with Crippen molar-refractivity contribution < 1.29 is 19.5 Å². The molecule has 0 aromatic carbocycles. The van der Waals surface area contributed by atoms with Gasteiger partial charge < -0.3 is 5.11 Å². The molecule has 0 aliphatic heterocycles. The van der Waals surface area contributed by atoms with Gasteiger partial charge >= 0.3 is 5.97 Å². The lowest BCUT2D eigenvalue weighted by Gasteiger charge is -2.05. The second-order valence-electron chi connectivity index (χ2n) is 2.56. The molecule has 4 nitrogen and oxygen atoms in total. The van der Waals surface area contributed by atoms with Crippen LogP contribution in [0.1, 0.15) is 32.1 Å². The van der Waals surface area contributed by atoms with E-state index in [1.54, 1.807) is 0 Å². The van der Waals surface area contributed by atoms with Crippen molar-refractivity contribution in [1.29, 1.82) is 0 Å². The lowest BCUT2D eigenvalue weighted by Crippen LogP contribution is -2.02. The van der Waals surface area contributed by atoms with E-state index in [9.17, 15) is 4.79 Å². The van der Waals surface area contributed by atoms with Crippen LogP contribution in [-0.2, 0) is 14.4 Å². The monoisotopic (exact) mass is 172 g/mol. The molecule has 12 heavy (non-hydrogen) atoms. The highest BCUT2D eigenvalue weighted by molar-refractivity contribution is 6.19. The summed E-state index contributed by atoms with van der Waals surface area (Å²) < 4.78 is 0. The highest BCUT2D eigenvalue weighted by atomic mass is 16.4. The predicted octanol–water partition coefficient (Wildman–Crippen LogP) is 0.789. The average Bonchev–Trinajstić information content (AvgIpc) is 2.07. The summed E-state index contributed by atoms with van der Waals surface area (Å²) in [5, 5.41) is 7.35. The molecule has 1 aliphatic rings. The summed E-state index contributed by atoms with van der Waals surface area (Å²) in [6.07, 6.45) is 5.07. The fourth-order valence-corrected chi connectivity index (χ4v) is 0.946. The summed E-state index contributed by atoms with van der Waals surface area (Å²) in [4.78, 5) is 28.4. The molecule has 1 aliphatic carbocycles. The predicted molar refractivity (Wildman–Crippen MR) is 41.8 cm³/mol. The number of carboxylic acids is 1. The van der Waals surface area contributed by atoms with Crippen LogP contribution in [0.25, 0.3) is 0 Å². The molecule has 1 fully saturated rings. The van der Waals surface area contributed by atoms with Crippen molar-refractivity contribution in [2.45, 2.75) is 32.1 Å². The zero-order valence-electron chi connectivity index (χ0n) is 6.78. The van der Waals surface area contributed by atoms with Gasteiger partial charge in [-0.3, -0.25) is 9.59 Å². The summed E-state index contributed by atoms with van der Waals surface area (Å²) >= 11 is 0. The fraction of sp³-hybridized carbons (Fsp3) is 0.625. The molecule has 68 valence electrons. The minimum absolute atomic E-state index is 0.167. The Balaban J connectivity index is 0.000000217. The van der Waals surface area contributed by atoms with Gasteiger partial charge in [0.15, 0.2) is 0 Å². The van der Waals surface area contributed by atoms with Gasteiger partial charge in [-0.2, -0.15) is 0 Å². The number of aldehydes is 1. The Morgan fingerprint density at radius 2 is 1.67 bits per heavy atom. The Bertz CT molecular complexity index is 166. The first-order chi connectivity index (χ1) is 5.66. The Hall–Kier alpha value is -1.19. The topological polar surface area (TPSA) is 71.4 Å². The van der Waals surface area contributed by atoms with Gasteiger partial charge in [-0.15, -0.1) is 0 Å². The van der Waals surface area contributed by atoms with Gasteiger partial charge in [-0.05, 0) is 12.8 Å². The van der Waals surface area contributed by atoms with Gasteiger partial charge in [-0.25, -0.2) is 4.79 Å². The lowest BCUT2D eigenvalue weighted by molar-refractivity contribution is -0.143. The minimum Gasteiger partial charge on any atom is -0.476 e. The number of carbonyl (C=O) groups excluding carboxylic acids is 2. The number of Topliss-reactive ketones (excluding diaryl/α,β-unsaturated/α-hetero) is 1. The third-order valence-corrected chi connectivity index (χ3v) is 1.51. The second kappa shape index (κ2) is 6.52. The fourth-order valence-electron chi connectivity index (χ4n) is 0.946. The van der Waals surface area contributed by atoms with Crippen molar-refractivity contribution in [3.05, 3.63) is 0 Å². The Morgan fingerprint density at radius 1 is 1.25 bits per heavy atom. The molecular formula is C8H12O4. The summed E-state index contributed by atoms with van der Waals surface area (Å²) in [5.74, 6) is -0.962. The van der Waals surface area contributed by atoms with Crippen LogP contribution in [0.4, 0.5) is 0 Å². The standard InChI is InChI=1S/C6H10O.C2H2O3/c7-6-4-2-1-3-5-6;3-1-2(4)5/h1-5H2;1H,(H,4,5). The van der Waals surface area contributed by atoms with Crippen LogP contribution < -0.4 is 0 Å². The lowest BCUT2D eigenvalue weighted by atomic mass is 10.00. The number of rotatable bonds is 1. The average molecular weight is 172 g/mol. The Kier molecular flexibility index (Phi) is 5.87. The maximum Gasteiger partial charge on any atom is 0.368 e. The molecule has 0 heterocycles. The summed E-state index contributed by atoms with van der Waals surface area (Å²) in [6.45, 7) is 0. The molecule has 0 spiro atoms. The first-order valence-corrected chi connectivity index (χ1v) is 3.86. The Labute approximate surface area is 70.6 Å². The van der Waals surface area contributed by atoms with Crippen LogP contribution in [0.3, 0.4) is 0 Å². The molecule has 1 rings (SSSR count). The molecule has 4 heteroatoms. The van der Waals surface area contributed by atoms with Crippen LogP contribution in [0.2, 0.25) is 0 Å². The quantitative estimate of drug-likeness (QED) is 0.469. The van der Waals surface area contributed by atoms with Crippen LogP contribution >= 0.6 is 0 Å². The van der Waals surface area contributed by atoms with Crippen LogP contribution in [0, 0.1) is 0 Å². The van der Waals surface area contributed by atoms with Gasteiger partial charge in [0.1, 0.15) is 5.78 Å². The van der Waals surface area contributed by atoms with Gasteiger partial charge in [0.2, 0.25) is 6.29 Å². The molecule has 0 unspecified atom stereocenters. The van der Waals surface area contributed by atoms with Crippen molar-refractivity contribution in [2.75, 3.05) is 0 Å². The van der Waals surface area contributed by atoms with E-state index in [-0.39, 0.29) is 6.29 Å². The van der Waals surface area contributed by atoms with Crippen LogP contribution in [0.15, 0.2) is 0 Å². The highest BCUT2D eigenvalue weighted by Crippen LogP contribution is 2.12. The number of ketones is 1. The van der Waals surface area contributed by atoms with Crippen molar-refractivity contribution in [3.63, 3.8) is 0 Å². The number of aliphatic carboxylic acids is 1. The third-order valence-electron chi connectivity index (χ3n) is 1.51. The summed E-state index contributed by atoms with van der Waals surface area (Å²) in [6, 6.07) is 0. The first kappa shape index (κ1) is 10.8. The molecular weight excluding hydrogens is 160 g/mol. The molecule has 0 saturated heterocycles. The van der Waals surface area contributed by atoms with E-state index < -0.39 is 5.97 Å². The van der Waals surface area contributed by atoms with Gasteiger partial charge in [0.25, 0.3) is 0 Å². The van der Waals surface area contributed by atoms with E-state index in [1.165, 1.54) is 6.42 Å². The Morgan fingerprint density at radius 3 is 1.83 bits per heavy atom. The zero-order chi connectivity index (χ0) is 9.40. The molecule has 1 N–H and O–H groups in total. The minimum atomic E-state index is -1.43. The molecule has 0 atom stereocenters. The summed E-state index contributed by atoms with van der Waals surface area (Å²) in [7, 11) is 0.